The molecule has 0 N–H and O–H groups in total. The van der Waals surface area contributed by atoms with Crippen LogP contribution < -0.4 is 0 Å². The Morgan fingerprint density at radius 2 is 1.11 bits per heavy atom. The van der Waals surface area contributed by atoms with Gasteiger partial charge in [0.25, 0.3) is 5.97 Å². The number of rotatable bonds is 16. The molecule has 89 heavy (non-hydrogen) atoms. The summed E-state index contributed by atoms with van der Waals surface area (Å²) in [5.74, 6) is -6.05. The minimum atomic E-state index is -1.80. The fourth-order valence-corrected chi connectivity index (χ4v) is 17.8. The molecule has 0 spiro atoms. The van der Waals surface area contributed by atoms with Gasteiger partial charge in [-0.1, -0.05) is 121 Å². The van der Waals surface area contributed by atoms with Gasteiger partial charge in [-0.05, 0) is 120 Å². The summed E-state index contributed by atoms with van der Waals surface area (Å²) in [5, 5.41) is 0. The molecule has 1 unspecified atom stereocenters. The van der Waals surface area contributed by atoms with E-state index in [0.29, 0.717) is 12.3 Å². The average Bonchev–Trinajstić information content (AvgIpc) is 1.03. The van der Waals surface area contributed by atoms with Gasteiger partial charge in [0.15, 0.2) is 49.2 Å². The van der Waals surface area contributed by atoms with E-state index in [9.17, 15) is 28.8 Å². The van der Waals surface area contributed by atoms with Crippen LogP contribution in [0.3, 0.4) is 0 Å². The van der Waals surface area contributed by atoms with Crippen molar-refractivity contribution < 1.29 is 95.1 Å². The van der Waals surface area contributed by atoms with Crippen LogP contribution in [0.15, 0.2) is 72.3 Å². The Balaban J connectivity index is 0.904. The Labute approximate surface area is 522 Å². The van der Waals surface area contributed by atoms with E-state index < -0.39 is 139 Å². The maximum Gasteiger partial charge on any atom is 0.313 e. The fourth-order valence-electron chi connectivity index (χ4n) is 17.8. The summed E-state index contributed by atoms with van der Waals surface area (Å²) in [5.41, 5.74) is 1.94. The Hall–Kier alpha value is -5.77. The van der Waals surface area contributed by atoms with Crippen LogP contribution in [0.25, 0.3) is 0 Å². The van der Waals surface area contributed by atoms with Crippen LogP contribution in [0, 0.1) is 50.2 Å². The number of hydrogen-bond donors (Lipinski definition) is 0. The second-order valence-electron chi connectivity index (χ2n) is 28.6. The molecular weight excluding hydrogens is 1150 g/mol. The number of carbonyl (C=O) groups is 7. The van der Waals surface area contributed by atoms with Gasteiger partial charge in [-0.3, -0.25) is 38.3 Å². The topological polar surface area (TPSA) is 239 Å². The highest BCUT2D eigenvalue weighted by molar-refractivity contribution is 5.79. The van der Waals surface area contributed by atoms with Gasteiger partial charge in [0.1, 0.15) is 31.5 Å². The fraction of sp³-hybridized carbons (Fsp3) is 0.696. The van der Waals surface area contributed by atoms with Crippen molar-refractivity contribution in [3.05, 3.63) is 83.4 Å². The molecule has 10 rings (SSSR count). The Bertz CT molecular complexity index is 2980. The van der Waals surface area contributed by atoms with Crippen molar-refractivity contribution in [2.75, 3.05) is 13.2 Å². The quantitative estimate of drug-likeness (QED) is 0.0862. The predicted octanol–water partition coefficient (Wildman–Crippen LogP) is 10.3. The van der Waals surface area contributed by atoms with Gasteiger partial charge in [0, 0.05) is 48.5 Å². The van der Waals surface area contributed by atoms with Crippen LogP contribution in [-0.2, 0) is 95.1 Å². The first-order valence-corrected chi connectivity index (χ1v) is 31.8. The standard InChI is InChI=1S/C69H92O20/c1-38(70)77-36-48-54(79-40(3)72)56(80-41(4)73)58(82-43(6)75)60(83-48)85-55-49(37-78-39(2)71)84-61-59(57(55)81-42(5)74)88-68(14,89-61)87-52-28-29-65(11)50(64(52,9)10)27-30-67(13)51(65)26-25-46-47-35-63(7,8)31-33-69(47,34-32-66(46,67)12)62(76)86-53(44-21-17-15-18-22-44)45-23-19-16-20-24-45/h15-25,47-61H,26-37H2,1-14H3/t47-,48+,49+,50-,51+,52-,54-,55+,56-,57-,58+,59+,60-,61+,65-,66+,67+,68?,69-/m0/s1. The summed E-state index contributed by atoms with van der Waals surface area (Å²) in [6.07, 6.45) is -4.39. The Morgan fingerprint density at radius 1 is 0.562 bits per heavy atom. The SMILES string of the molecule is CC(=O)OC[C@H]1O[C@@H](O[C@H]2[C@H](OC(C)=O)[C@H]3OC(C)(O[C@H]4CC[C@]5(C)[C@H]6CC=C7[C@@H]8CC(C)(C)CC[C@]8(C(=O)OC(c8ccccc8)c8ccccc8)CC[C@@]7(C)[C@]6(C)CC[C@H]5C4(C)C)O[C@H]3O[C@@H]2COC(C)=O)[C@H](OC(C)=O)[C@@H](OC(C)=O)[C@H]1OC(C)=O. The van der Waals surface area contributed by atoms with E-state index in [4.69, 9.17) is 61.6 Å². The van der Waals surface area contributed by atoms with Crippen LogP contribution >= 0.6 is 0 Å². The molecule has 20 heteroatoms. The highest BCUT2D eigenvalue weighted by Gasteiger charge is 2.71. The summed E-state index contributed by atoms with van der Waals surface area (Å²) in [6, 6.07) is 20.2. The van der Waals surface area contributed by atoms with Crippen molar-refractivity contribution in [2.24, 2.45) is 50.2 Å². The van der Waals surface area contributed by atoms with Gasteiger partial charge in [0.2, 0.25) is 0 Å². The highest BCUT2D eigenvalue weighted by atomic mass is 16.9. The molecule has 3 heterocycles. The largest absolute Gasteiger partial charge is 0.463 e. The molecule has 8 aliphatic rings. The molecular formula is C69H92O20. The molecule has 19 atom stereocenters. The summed E-state index contributed by atoms with van der Waals surface area (Å²) in [7, 11) is 0. The third kappa shape index (κ3) is 12.7. The number of fused-ring (bicyclic) bond motifs is 8. The molecule has 0 radical (unpaired) electrons. The summed E-state index contributed by atoms with van der Waals surface area (Å²) in [4.78, 5) is 91.3. The average molecular weight is 1240 g/mol. The Kier molecular flexibility index (Phi) is 18.6. The number of ether oxygens (including phenoxy) is 13. The van der Waals surface area contributed by atoms with Crippen LogP contribution in [-0.4, -0.2) is 128 Å². The number of benzene rings is 2. The molecule has 2 aromatic rings. The molecule has 2 aromatic carbocycles. The smallest absolute Gasteiger partial charge is 0.313 e. The normalized spacial score (nSPS) is 39.1. The lowest BCUT2D eigenvalue weighted by Gasteiger charge is -2.71. The minimum Gasteiger partial charge on any atom is -0.463 e. The monoisotopic (exact) mass is 1240 g/mol. The first-order chi connectivity index (χ1) is 41.8. The van der Waals surface area contributed by atoms with Gasteiger partial charge in [0.05, 0.1) is 11.5 Å². The number of esters is 7. The third-order valence-electron chi connectivity index (χ3n) is 22.0. The van der Waals surface area contributed by atoms with Crippen LogP contribution in [0.1, 0.15) is 178 Å². The third-order valence-corrected chi connectivity index (χ3v) is 22.0. The van der Waals surface area contributed by atoms with Gasteiger partial charge in [-0.25, -0.2) is 0 Å². The maximum atomic E-state index is 15.4. The van der Waals surface area contributed by atoms with E-state index in [2.05, 4.69) is 54.5 Å². The molecule has 20 nitrogen and oxygen atoms in total. The van der Waals surface area contributed by atoms with Gasteiger partial charge < -0.3 is 56.8 Å². The number of carbonyl (C=O) groups excluding carboxylic acids is 7. The van der Waals surface area contributed by atoms with Gasteiger partial charge in [-0.2, -0.15) is 0 Å². The second kappa shape index (κ2) is 25.0. The van der Waals surface area contributed by atoms with E-state index in [1.54, 1.807) is 6.92 Å². The predicted molar refractivity (Wildman–Crippen MR) is 317 cm³/mol. The lowest BCUT2D eigenvalue weighted by Crippen LogP contribution is -2.66. The number of allylic oxidation sites excluding steroid dienone is 2. The van der Waals surface area contributed by atoms with Crippen molar-refractivity contribution in [2.45, 2.75) is 241 Å². The molecule has 0 aromatic heterocycles. The van der Waals surface area contributed by atoms with Crippen molar-refractivity contribution in [1.29, 1.82) is 0 Å². The molecule has 488 valence electrons. The van der Waals surface area contributed by atoms with Crippen LogP contribution in [0.5, 0.6) is 0 Å². The van der Waals surface area contributed by atoms with Crippen molar-refractivity contribution in [3.63, 3.8) is 0 Å². The minimum absolute atomic E-state index is 0.0399. The molecule has 4 saturated carbocycles. The van der Waals surface area contributed by atoms with E-state index in [-0.39, 0.29) is 39.5 Å². The number of hydrogen-bond acceptors (Lipinski definition) is 20. The van der Waals surface area contributed by atoms with Crippen LogP contribution in [0.4, 0.5) is 0 Å². The Morgan fingerprint density at radius 3 is 1.70 bits per heavy atom. The van der Waals surface area contributed by atoms with Crippen molar-refractivity contribution >= 4 is 41.8 Å². The molecule has 5 aliphatic carbocycles. The first kappa shape index (κ1) is 66.2. The van der Waals surface area contributed by atoms with Gasteiger partial charge in [-0.15, -0.1) is 0 Å². The summed E-state index contributed by atoms with van der Waals surface area (Å²) >= 11 is 0. The van der Waals surface area contributed by atoms with E-state index in [1.165, 1.54) is 19.4 Å². The van der Waals surface area contributed by atoms with E-state index in [1.807, 2.05) is 60.7 Å². The zero-order chi connectivity index (χ0) is 64.4. The molecule has 0 bridgehead atoms. The van der Waals surface area contributed by atoms with E-state index in [0.717, 1.165) is 96.6 Å². The van der Waals surface area contributed by atoms with Crippen molar-refractivity contribution in [1.82, 2.24) is 0 Å². The lowest BCUT2D eigenvalue weighted by atomic mass is 9.33. The zero-order valence-electron chi connectivity index (χ0n) is 54.2. The molecule has 7 fully saturated rings. The summed E-state index contributed by atoms with van der Waals surface area (Å²) < 4.78 is 80.7. The summed E-state index contributed by atoms with van der Waals surface area (Å²) in [6.45, 7) is 24.3. The molecule has 3 aliphatic heterocycles. The zero-order valence-corrected chi connectivity index (χ0v) is 54.2. The molecule has 3 saturated heterocycles. The lowest BCUT2D eigenvalue weighted by molar-refractivity contribution is -0.379. The van der Waals surface area contributed by atoms with Crippen molar-refractivity contribution in [3.8, 4) is 0 Å². The maximum absolute atomic E-state index is 15.4. The van der Waals surface area contributed by atoms with Gasteiger partial charge >= 0.3 is 41.8 Å². The molecule has 0 amide bonds. The van der Waals surface area contributed by atoms with E-state index >= 15 is 4.79 Å². The highest BCUT2D eigenvalue weighted by Crippen LogP contribution is 2.76. The van der Waals surface area contributed by atoms with Crippen LogP contribution in [0.2, 0.25) is 0 Å². The first-order valence-electron chi connectivity index (χ1n) is 31.8. The second-order valence-corrected chi connectivity index (χ2v) is 28.6.